The molecule has 17 heavy (non-hydrogen) atoms. The quantitative estimate of drug-likeness (QED) is 0.826. The maximum absolute atomic E-state index is 5.60. The second-order valence-electron chi connectivity index (χ2n) is 3.93. The third kappa shape index (κ3) is 3.03. The fourth-order valence-electron chi connectivity index (χ4n) is 1.86. The van der Waals surface area contributed by atoms with Crippen molar-refractivity contribution in [2.45, 2.75) is 19.3 Å². The van der Waals surface area contributed by atoms with Crippen LogP contribution in [-0.2, 0) is 0 Å². The summed E-state index contributed by atoms with van der Waals surface area (Å²) in [6.07, 6.45) is 0.896. The van der Waals surface area contributed by atoms with Crippen LogP contribution in [0.2, 0.25) is 0 Å². The Balaban J connectivity index is 3.23. The molecule has 1 aromatic rings. The lowest BCUT2D eigenvalue weighted by molar-refractivity contribution is 0.343. The van der Waals surface area contributed by atoms with Crippen molar-refractivity contribution in [1.29, 1.82) is 0 Å². The van der Waals surface area contributed by atoms with Gasteiger partial charge in [0.1, 0.15) is 5.75 Å². The molecule has 96 valence electrons. The summed E-state index contributed by atoms with van der Waals surface area (Å²) in [6.45, 7) is 2.76. The van der Waals surface area contributed by atoms with Crippen molar-refractivity contribution in [3.05, 3.63) is 17.7 Å². The molecule has 1 atom stereocenters. The summed E-state index contributed by atoms with van der Waals surface area (Å²) in [4.78, 5) is 0. The van der Waals surface area contributed by atoms with Gasteiger partial charge in [-0.3, -0.25) is 0 Å². The van der Waals surface area contributed by atoms with E-state index in [0.717, 1.165) is 23.5 Å². The molecule has 1 unspecified atom stereocenters. The number of hydrogen-bond acceptors (Lipinski definition) is 4. The zero-order chi connectivity index (χ0) is 12.8. The van der Waals surface area contributed by atoms with E-state index in [1.807, 2.05) is 12.1 Å². The summed E-state index contributed by atoms with van der Waals surface area (Å²) in [7, 11) is 4.90. The van der Waals surface area contributed by atoms with Gasteiger partial charge in [-0.1, -0.05) is 6.92 Å². The first-order chi connectivity index (χ1) is 8.17. The highest BCUT2D eigenvalue weighted by Crippen LogP contribution is 2.40. The maximum atomic E-state index is 5.60. The summed E-state index contributed by atoms with van der Waals surface area (Å²) in [5.41, 5.74) is 6.66. The van der Waals surface area contributed by atoms with E-state index in [4.69, 9.17) is 19.9 Å². The van der Waals surface area contributed by atoms with E-state index in [2.05, 4.69) is 6.92 Å². The molecule has 0 heterocycles. The maximum Gasteiger partial charge on any atom is 0.164 e. The third-order valence-corrected chi connectivity index (χ3v) is 2.85. The van der Waals surface area contributed by atoms with E-state index in [0.29, 0.717) is 18.2 Å². The van der Waals surface area contributed by atoms with E-state index in [-0.39, 0.29) is 0 Å². The summed E-state index contributed by atoms with van der Waals surface area (Å²) in [5, 5.41) is 0. The highest BCUT2D eigenvalue weighted by molar-refractivity contribution is 5.53. The lowest BCUT2D eigenvalue weighted by Gasteiger charge is -2.18. The molecule has 0 saturated carbocycles. The van der Waals surface area contributed by atoms with Gasteiger partial charge in [-0.15, -0.1) is 0 Å². The largest absolute Gasteiger partial charge is 0.497 e. The van der Waals surface area contributed by atoms with Crippen LogP contribution < -0.4 is 19.9 Å². The zero-order valence-corrected chi connectivity index (χ0v) is 10.9. The molecule has 0 radical (unpaired) electrons. The molecule has 0 fully saturated rings. The fraction of sp³-hybridized carbons (Fsp3) is 0.538. The van der Waals surface area contributed by atoms with Gasteiger partial charge in [0.25, 0.3) is 0 Å². The van der Waals surface area contributed by atoms with Gasteiger partial charge in [0.15, 0.2) is 11.5 Å². The van der Waals surface area contributed by atoms with Crippen LogP contribution in [0.5, 0.6) is 17.2 Å². The van der Waals surface area contributed by atoms with Gasteiger partial charge in [-0.05, 0) is 24.9 Å². The number of benzene rings is 1. The molecule has 4 nitrogen and oxygen atoms in total. The van der Waals surface area contributed by atoms with Crippen molar-refractivity contribution in [2.24, 2.45) is 5.73 Å². The molecule has 0 spiro atoms. The molecule has 0 aliphatic rings. The molecule has 0 bridgehead atoms. The first-order valence-corrected chi connectivity index (χ1v) is 5.67. The van der Waals surface area contributed by atoms with Crippen molar-refractivity contribution in [2.75, 3.05) is 27.9 Å². The number of ether oxygens (including phenoxy) is 3. The minimum Gasteiger partial charge on any atom is -0.497 e. The Morgan fingerprint density at radius 1 is 1.12 bits per heavy atom. The van der Waals surface area contributed by atoms with Crippen molar-refractivity contribution < 1.29 is 14.2 Å². The highest BCUT2D eigenvalue weighted by atomic mass is 16.5. The minimum atomic E-state index is 0.305. The lowest BCUT2D eigenvalue weighted by Crippen LogP contribution is -2.07. The Morgan fingerprint density at radius 3 is 2.29 bits per heavy atom. The summed E-state index contributed by atoms with van der Waals surface area (Å²) in [6, 6.07) is 3.79. The Morgan fingerprint density at radius 2 is 1.82 bits per heavy atom. The fourth-order valence-corrected chi connectivity index (χ4v) is 1.86. The molecule has 0 aliphatic heterocycles. The van der Waals surface area contributed by atoms with E-state index >= 15 is 0 Å². The summed E-state index contributed by atoms with van der Waals surface area (Å²) < 4.78 is 16.0. The monoisotopic (exact) mass is 239 g/mol. The molecule has 0 aliphatic carbocycles. The topological polar surface area (TPSA) is 53.7 Å². The van der Waals surface area contributed by atoms with Gasteiger partial charge in [0.2, 0.25) is 0 Å². The average molecular weight is 239 g/mol. The number of hydrogen-bond donors (Lipinski definition) is 1. The lowest BCUT2D eigenvalue weighted by atomic mass is 9.96. The van der Waals surface area contributed by atoms with Gasteiger partial charge in [-0.2, -0.15) is 0 Å². The van der Waals surface area contributed by atoms with Gasteiger partial charge in [-0.25, -0.2) is 0 Å². The van der Waals surface area contributed by atoms with Crippen molar-refractivity contribution in [1.82, 2.24) is 0 Å². The van der Waals surface area contributed by atoms with Crippen LogP contribution in [0.3, 0.4) is 0 Å². The predicted molar refractivity (Wildman–Crippen MR) is 68.2 cm³/mol. The Bertz CT molecular complexity index is 366. The SMILES string of the molecule is COc1cc(OC)c(OC)c(C(C)CCN)c1. The highest BCUT2D eigenvalue weighted by Gasteiger charge is 2.17. The molecule has 0 amide bonds. The number of methoxy groups -OCH3 is 3. The molecule has 0 saturated heterocycles. The van der Waals surface area contributed by atoms with Crippen LogP contribution in [-0.4, -0.2) is 27.9 Å². The number of rotatable bonds is 6. The first kappa shape index (κ1) is 13.6. The van der Waals surface area contributed by atoms with E-state index in [1.54, 1.807) is 21.3 Å². The van der Waals surface area contributed by atoms with Crippen LogP contribution in [0, 0.1) is 0 Å². The van der Waals surface area contributed by atoms with E-state index < -0.39 is 0 Å². The smallest absolute Gasteiger partial charge is 0.164 e. The summed E-state index contributed by atoms with van der Waals surface area (Å²) >= 11 is 0. The standard InChI is InChI=1S/C13H21NO3/c1-9(5-6-14)11-7-10(15-2)8-12(16-3)13(11)17-4/h7-9H,5-6,14H2,1-4H3. The van der Waals surface area contributed by atoms with Crippen LogP contribution in [0.25, 0.3) is 0 Å². The minimum absolute atomic E-state index is 0.305. The van der Waals surface area contributed by atoms with Crippen molar-refractivity contribution >= 4 is 0 Å². The average Bonchev–Trinajstić information content (AvgIpc) is 2.37. The van der Waals surface area contributed by atoms with Crippen molar-refractivity contribution in [3.8, 4) is 17.2 Å². The normalized spacial score (nSPS) is 12.1. The first-order valence-electron chi connectivity index (χ1n) is 5.67. The van der Waals surface area contributed by atoms with Crippen LogP contribution in [0.1, 0.15) is 24.8 Å². The van der Waals surface area contributed by atoms with E-state index in [9.17, 15) is 0 Å². The van der Waals surface area contributed by atoms with Crippen LogP contribution in [0.15, 0.2) is 12.1 Å². The molecular formula is C13H21NO3. The Labute approximate surface area is 103 Å². The van der Waals surface area contributed by atoms with Gasteiger partial charge in [0.05, 0.1) is 21.3 Å². The Kier molecular flexibility index (Phi) is 5.10. The van der Waals surface area contributed by atoms with Gasteiger partial charge in [0, 0.05) is 11.6 Å². The Hall–Kier alpha value is -1.42. The molecule has 0 aromatic heterocycles. The molecule has 1 rings (SSSR count). The molecule has 2 N–H and O–H groups in total. The van der Waals surface area contributed by atoms with Crippen LogP contribution in [0.4, 0.5) is 0 Å². The summed E-state index contributed by atoms with van der Waals surface area (Å²) in [5.74, 6) is 2.51. The van der Waals surface area contributed by atoms with E-state index in [1.165, 1.54) is 0 Å². The van der Waals surface area contributed by atoms with Crippen molar-refractivity contribution in [3.63, 3.8) is 0 Å². The zero-order valence-electron chi connectivity index (χ0n) is 10.9. The van der Waals surface area contributed by atoms with Gasteiger partial charge >= 0.3 is 0 Å². The second kappa shape index (κ2) is 6.35. The molecule has 1 aromatic carbocycles. The number of nitrogens with two attached hydrogens (primary N) is 1. The predicted octanol–water partition coefficient (Wildman–Crippen LogP) is 2.16. The third-order valence-electron chi connectivity index (χ3n) is 2.85. The second-order valence-corrected chi connectivity index (χ2v) is 3.93. The van der Waals surface area contributed by atoms with Gasteiger partial charge < -0.3 is 19.9 Å². The molecular weight excluding hydrogens is 218 g/mol. The molecule has 4 heteroatoms. The van der Waals surface area contributed by atoms with Crippen LogP contribution >= 0.6 is 0 Å².